The van der Waals surface area contributed by atoms with Gasteiger partial charge in [-0.05, 0) is 25.5 Å². The highest BCUT2D eigenvalue weighted by atomic mass is 16.5. The number of piperazine rings is 1. The van der Waals surface area contributed by atoms with Gasteiger partial charge in [0.15, 0.2) is 11.5 Å². The van der Waals surface area contributed by atoms with Crippen LogP contribution in [0.3, 0.4) is 0 Å². The number of hydrogen-bond acceptors (Lipinski definition) is 4. The first-order valence-electron chi connectivity index (χ1n) is 8.17. The number of hydrogen-bond donors (Lipinski definition) is 1. The first kappa shape index (κ1) is 14.5. The average molecular weight is 290 g/mol. The second-order valence-corrected chi connectivity index (χ2v) is 6.08. The Bertz CT molecular complexity index is 478. The molecule has 21 heavy (non-hydrogen) atoms. The number of benzene rings is 1. The summed E-state index contributed by atoms with van der Waals surface area (Å²) in [7, 11) is 0. The van der Waals surface area contributed by atoms with Crippen molar-refractivity contribution in [1.29, 1.82) is 0 Å². The summed E-state index contributed by atoms with van der Waals surface area (Å²) in [5.41, 5.74) is 1.24. The van der Waals surface area contributed by atoms with E-state index in [4.69, 9.17) is 9.47 Å². The average Bonchev–Trinajstić information content (AvgIpc) is 2.74. The van der Waals surface area contributed by atoms with Crippen molar-refractivity contribution in [3.63, 3.8) is 0 Å². The Hall–Kier alpha value is -1.42. The predicted molar refractivity (Wildman–Crippen MR) is 85.6 cm³/mol. The molecule has 0 bridgehead atoms. The van der Waals surface area contributed by atoms with Gasteiger partial charge in [0.1, 0.15) is 0 Å². The summed E-state index contributed by atoms with van der Waals surface area (Å²) in [6.07, 6.45) is 3.40. The maximum absolute atomic E-state index is 5.82. The summed E-state index contributed by atoms with van der Waals surface area (Å²) in [4.78, 5) is 2.49. The fourth-order valence-electron chi connectivity index (χ4n) is 3.16. The van der Waals surface area contributed by atoms with Crippen molar-refractivity contribution in [2.24, 2.45) is 0 Å². The van der Waals surface area contributed by atoms with Crippen LogP contribution in [0.25, 0.3) is 0 Å². The van der Waals surface area contributed by atoms with Crippen molar-refractivity contribution in [1.82, 2.24) is 5.32 Å². The van der Waals surface area contributed by atoms with E-state index in [1.54, 1.807) is 0 Å². The highest BCUT2D eigenvalue weighted by Crippen LogP contribution is 2.34. The quantitative estimate of drug-likeness (QED) is 0.928. The second-order valence-electron chi connectivity index (χ2n) is 6.08. The zero-order valence-electron chi connectivity index (χ0n) is 13.1. The summed E-state index contributed by atoms with van der Waals surface area (Å²) in [6.45, 7) is 8.12. The third-order valence-corrected chi connectivity index (χ3v) is 4.35. The third kappa shape index (κ3) is 3.26. The molecule has 2 aliphatic heterocycles. The van der Waals surface area contributed by atoms with Crippen LogP contribution in [0, 0.1) is 0 Å². The molecule has 1 aromatic carbocycles. The fraction of sp³-hybridized carbons (Fsp3) is 0.647. The molecule has 0 saturated carbocycles. The highest BCUT2D eigenvalue weighted by molar-refractivity contribution is 5.57. The lowest BCUT2D eigenvalue weighted by molar-refractivity contribution is 0.297. The van der Waals surface area contributed by atoms with Gasteiger partial charge in [0, 0.05) is 43.3 Å². The molecular weight excluding hydrogens is 264 g/mol. The van der Waals surface area contributed by atoms with Gasteiger partial charge >= 0.3 is 0 Å². The van der Waals surface area contributed by atoms with Gasteiger partial charge in [-0.15, -0.1) is 0 Å². The zero-order chi connectivity index (χ0) is 14.7. The molecular formula is C17H26N2O2. The van der Waals surface area contributed by atoms with Gasteiger partial charge in [-0.1, -0.05) is 13.3 Å². The molecule has 2 unspecified atom stereocenters. The molecule has 0 amide bonds. The van der Waals surface area contributed by atoms with Gasteiger partial charge in [0.25, 0.3) is 0 Å². The fourth-order valence-corrected chi connectivity index (χ4v) is 3.16. The maximum Gasteiger partial charge on any atom is 0.163 e. The van der Waals surface area contributed by atoms with Gasteiger partial charge in [0.05, 0.1) is 13.2 Å². The Balaban J connectivity index is 1.80. The van der Waals surface area contributed by atoms with Crippen molar-refractivity contribution < 1.29 is 9.47 Å². The standard InChI is InChI=1S/C17H26N2O2/c1-3-5-14-12-19(13(2)11-18-14)15-6-7-16-17(10-15)21-9-4-8-20-16/h6-7,10,13-14,18H,3-5,8-9,11-12H2,1-2H3. The first-order valence-corrected chi connectivity index (χ1v) is 8.17. The van der Waals surface area contributed by atoms with Crippen LogP contribution in [0.15, 0.2) is 18.2 Å². The molecule has 0 aromatic heterocycles. The molecule has 1 saturated heterocycles. The van der Waals surface area contributed by atoms with Crippen molar-refractivity contribution in [2.75, 3.05) is 31.2 Å². The Morgan fingerprint density at radius 3 is 2.86 bits per heavy atom. The molecule has 3 rings (SSSR count). The van der Waals surface area contributed by atoms with Gasteiger partial charge in [0.2, 0.25) is 0 Å². The molecule has 2 atom stereocenters. The number of ether oxygens (including phenoxy) is 2. The molecule has 1 aromatic rings. The van der Waals surface area contributed by atoms with E-state index < -0.39 is 0 Å². The van der Waals surface area contributed by atoms with E-state index in [0.717, 1.165) is 44.2 Å². The molecule has 1 N–H and O–H groups in total. The number of anilines is 1. The van der Waals surface area contributed by atoms with Crippen molar-refractivity contribution in [3.05, 3.63) is 18.2 Å². The summed E-state index contributed by atoms with van der Waals surface area (Å²) in [5.74, 6) is 1.77. The van der Waals surface area contributed by atoms with E-state index in [0.29, 0.717) is 12.1 Å². The zero-order valence-corrected chi connectivity index (χ0v) is 13.1. The number of nitrogens with one attached hydrogen (secondary N) is 1. The molecule has 0 aliphatic carbocycles. The topological polar surface area (TPSA) is 33.7 Å². The van der Waals surface area contributed by atoms with Crippen molar-refractivity contribution in [2.45, 2.75) is 45.2 Å². The normalized spacial score (nSPS) is 25.5. The lowest BCUT2D eigenvalue weighted by Gasteiger charge is -2.40. The van der Waals surface area contributed by atoms with Crippen LogP contribution in [0.1, 0.15) is 33.1 Å². The Labute approximate surface area is 127 Å². The van der Waals surface area contributed by atoms with Crippen LogP contribution in [0.4, 0.5) is 5.69 Å². The van der Waals surface area contributed by atoms with Gasteiger partial charge in [-0.2, -0.15) is 0 Å². The van der Waals surface area contributed by atoms with Crippen molar-refractivity contribution in [3.8, 4) is 11.5 Å². The lowest BCUT2D eigenvalue weighted by Crippen LogP contribution is -2.55. The summed E-state index contributed by atoms with van der Waals surface area (Å²) in [5, 5.41) is 3.64. The Morgan fingerprint density at radius 2 is 2.05 bits per heavy atom. The third-order valence-electron chi connectivity index (χ3n) is 4.35. The Morgan fingerprint density at radius 1 is 1.24 bits per heavy atom. The van der Waals surface area contributed by atoms with Crippen LogP contribution in [-0.2, 0) is 0 Å². The van der Waals surface area contributed by atoms with Gasteiger partial charge < -0.3 is 19.7 Å². The Kier molecular flexibility index (Phi) is 4.54. The van der Waals surface area contributed by atoms with Crippen LogP contribution < -0.4 is 19.7 Å². The minimum atomic E-state index is 0.503. The van der Waals surface area contributed by atoms with Gasteiger partial charge in [-0.25, -0.2) is 0 Å². The molecule has 0 radical (unpaired) electrons. The maximum atomic E-state index is 5.82. The molecule has 2 heterocycles. The number of fused-ring (bicyclic) bond motifs is 1. The minimum Gasteiger partial charge on any atom is -0.490 e. The summed E-state index contributed by atoms with van der Waals surface area (Å²) in [6, 6.07) is 7.45. The molecule has 4 nitrogen and oxygen atoms in total. The van der Waals surface area contributed by atoms with E-state index >= 15 is 0 Å². The largest absolute Gasteiger partial charge is 0.490 e. The van der Waals surface area contributed by atoms with Gasteiger partial charge in [-0.3, -0.25) is 0 Å². The summed E-state index contributed by atoms with van der Waals surface area (Å²) < 4.78 is 11.5. The number of rotatable bonds is 3. The second kappa shape index (κ2) is 6.56. The van der Waals surface area contributed by atoms with E-state index in [2.05, 4.69) is 42.3 Å². The number of nitrogens with zero attached hydrogens (tertiary/aromatic N) is 1. The SMILES string of the molecule is CCCC1CN(c2ccc3c(c2)OCCCO3)C(C)CN1. The van der Waals surface area contributed by atoms with Crippen LogP contribution in [0.2, 0.25) is 0 Å². The minimum absolute atomic E-state index is 0.503. The molecule has 4 heteroatoms. The first-order chi connectivity index (χ1) is 10.3. The summed E-state index contributed by atoms with van der Waals surface area (Å²) >= 11 is 0. The molecule has 116 valence electrons. The van der Waals surface area contributed by atoms with Crippen LogP contribution >= 0.6 is 0 Å². The van der Waals surface area contributed by atoms with Crippen LogP contribution in [-0.4, -0.2) is 38.4 Å². The smallest absolute Gasteiger partial charge is 0.163 e. The van der Waals surface area contributed by atoms with Crippen LogP contribution in [0.5, 0.6) is 11.5 Å². The molecule has 0 spiro atoms. The van der Waals surface area contributed by atoms with E-state index in [9.17, 15) is 0 Å². The lowest BCUT2D eigenvalue weighted by atomic mass is 10.0. The monoisotopic (exact) mass is 290 g/mol. The van der Waals surface area contributed by atoms with E-state index in [1.165, 1.54) is 18.5 Å². The predicted octanol–water partition coefficient (Wildman–Crippen LogP) is 2.81. The molecule has 1 fully saturated rings. The van der Waals surface area contributed by atoms with Crippen molar-refractivity contribution >= 4 is 5.69 Å². The molecule has 2 aliphatic rings. The highest BCUT2D eigenvalue weighted by Gasteiger charge is 2.25. The van der Waals surface area contributed by atoms with E-state index in [1.807, 2.05) is 0 Å². The van der Waals surface area contributed by atoms with E-state index in [-0.39, 0.29) is 0 Å².